The predicted molar refractivity (Wildman–Crippen MR) is 145 cm³/mol. The molecule has 3 aromatic rings. The van der Waals surface area contributed by atoms with Crippen LogP contribution in [0.1, 0.15) is 30.3 Å². The molecule has 2 N–H and O–H groups in total. The number of hydrogen-bond acceptors (Lipinski definition) is 9. The van der Waals surface area contributed by atoms with Gasteiger partial charge in [0, 0.05) is 50.4 Å². The Bertz CT molecular complexity index is 1360. The molecule has 1 aliphatic heterocycles. The Balaban J connectivity index is 1.55. The summed E-state index contributed by atoms with van der Waals surface area (Å²) >= 11 is 0. The maximum Gasteiger partial charge on any atom is 0.409 e. The number of carboxylic acids is 1. The SMILES string of the molecule is CCOC(=O)N1CCN(C(=O)[C@H](CCC(=O)O)NC(=O)c2cc(Oc3cccnc3)nc(-c3ccccc3)n2)CC1. The molecule has 1 atom stereocenters. The summed E-state index contributed by atoms with van der Waals surface area (Å²) in [6.45, 7) is 2.89. The summed E-state index contributed by atoms with van der Waals surface area (Å²) in [5.74, 6) is -1.55. The van der Waals surface area contributed by atoms with Gasteiger partial charge in [-0.15, -0.1) is 0 Å². The highest BCUT2D eigenvalue weighted by atomic mass is 16.6. The van der Waals surface area contributed by atoms with E-state index in [1.165, 1.54) is 22.1 Å². The second kappa shape index (κ2) is 13.8. The average molecular weight is 563 g/mol. The molecule has 41 heavy (non-hydrogen) atoms. The zero-order valence-electron chi connectivity index (χ0n) is 22.4. The van der Waals surface area contributed by atoms with Crippen molar-refractivity contribution in [3.63, 3.8) is 0 Å². The summed E-state index contributed by atoms with van der Waals surface area (Å²) < 4.78 is 10.8. The van der Waals surface area contributed by atoms with E-state index in [2.05, 4.69) is 20.3 Å². The molecule has 2 aromatic heterocycles. The lowest BCUT2D eigenvalue weighted by Crippen LogP contribution is -2.56. The lowest BCUT2D eigenvalue weighted by atomic mass is 10.1. The number of benzene rings is 1. The van der Waals surface area contributed by atoms with Gasteiger partial charge in [-0.25, -0.2) is 9.78 Å². The number of pyridine rings is 1. The van der Waals surface area contributed by atoms with E-state index in [-0.39, 0.29) is 63.0 Å². The average Bonchev–Trinajstić information content (AvgIpc) is 2.99. The number of aromatic nitrogens is 3. The summed E-state index contributed by atoms with van der Waals surface area (Å²) in [7, 11) is 0. The van der Waals surface area contributed by atoms with Gasteiger partial charge < -0.3 is 29.7 Å². The number of piperazine rings is 1. The molecule has 4 rings (SSSR count). The van der Waals surface area contributed by atoms with Gasteiger partial charge in [-0.2, -0.15) is 4.98 Å². The van der Waals surface area contributed by atoms with Gasteiger partial charge in [0.05, 0.1) is 12.8 Å². The highest BCUT2D eigenvalue weighted by Gasteiger charge is 2.31. The number of carbonyl (C=O) groups is 4. The van der Waals surface area contributed by atoms with Gasteiger partial charge in [0.15, 0.2) is 5.82 Å². The van der Waals surface area contributed by atoms with Gasteiger partial charge in [-0.05, 0) is 25.5 Å². The summed E-state index contributed by atoms with van der Waals surface area (Å²) in [5.41, 5.74) is 0.564. The van der Waals surface area contributed by atoms with Crippen molar-refractivity contribution in [2.24, 2.45) is 0 Å². The van der Waals surface area contributed by atoms with E-state index >= 15 is 0 Å². The van der Waals surface area contributed by atoms with E-state index in [9.17, 15) is 24.3 Å². The number of rotatable bonds is 10. The fourth-order valence-electron chi connectivity index (χ4n) is 4.14. The van der Waals surface area contributed by atoms with E-state index in [0.717, 1.165) is 0 Å². The monoisotopic (exact) mass is 562 g/mol. The molecule has 3 heterocycles. The Kier molecular flexibility index (Phi) is 9.75. The van der Waals surface area contributed by atoms with Crippen LogP contribution < -0.4 is 10.1 Å². The minimum atomic E-state index is -1.13. The summed E-state index contributed by atoms with van der Waals surface area (Å²) in [4.78, 5) is 66.0. The maximum absolute atomic E-state index is 13.4. The van der Waals surface area contributed by atoms with E-state index in [1.807, 2.05) is 6.07 Å². The van der Waals surface area contributed by atoms with Crippen LogP contribution in [0, 0.1) is 0 Å². The molecule has 13 nitrogen and oxygen atoms in total. The lowest BCUT2D eigenvalue weighted by Gasteiger charge is -2.35. The van der Waals surface area contributed by atoms with Crippen molar-refractivity contribution < 1.29 is 33.8 Å². The molecule has 13 heteroatoms. The molecule has 0 unspecified atom stereocenters. The minimum Gasteiger partial charge on any atom is -0.481 e. The van der Waals surface area contributed by atoms with Crippen LogP contribution in [0.15, 0.2) is 60.9 Å². The standard InChI is InChI=1S/C28H30N6O7/c1-2-40-28(39)34-15-13-33(14-16-34)27(38)21(10-11-24(35)36)31-26(37)22-17-23(41-20-9-6-12-29-18-20)32-25(30-22)19-7-4-3-5-8-19/h3-9,12,17-18,21H,2,10-11,13-16H2,1H3,(H,31,37)(H,35,36)/t21-/m0/s1. The zero-order chi connectivity index (χ0) is 29.2. The Morgan fingerprint density at radius 3 is 2.39 bits per heavy atom. The summed E-state index contributed by atoms with van der Waals surface area (Å²) in [6, 6.07) is 12.6. The second-order valence-electron chi connectivity index (χ2n) is 9.04. The number of carboxylic acid groups (broad SMARTS) is 1. The summed E-state index contributed by atoms with van der Waals surface area (Å²) in [6.07, 6.45) is 2.15. The first-order valence-electron chi connectivity index (χ1n) is 13.1. The number of amides is 3. The highest BCUT2D eigenvalue weighted by molar-refractivity contribution is 5.96. The molecule has 214 valence electrons. The van der Waals surface area contributed by atoms with Crippen molar-refractivity contribution in [3.05, 3.63) is 66.6 Å². The third-order valence-electron chi connectivity index (χ3n) is 6.19. The zero-order valence-corrected chi connectivity index (χ0v) is 22.4. The van der Waals surface area contributed by atoms with Gasteiger partial charge in [0.2, 0.25) is 11.8 Å². The molecule has 0 radical (unpaired) electrons. The number of nitrogens with zero attached hydrogens (tertiary/aromatic N) is 5. The van der Waals surface area contributed by atoms with E-state index < -0.39 is 29.9 Å². The molecule has 0 saturated carbocycles. The van der Waals surface area contributed by atoms with Gasteiger partial charge in [0.25, 0.3) is 5.91 Å². The van der Waals surface area contributed by atoms with Crippen molar-refractivity contribution >= 4 is 23.9 Å². The molecule has 1 aromatic carbocycles. The van der Waals surface area contributed by atoms with Crippen LogP contribution in [-0.4, -0.2) is 92.6 Å². The molecule has 3 amide bonds. The first-order chi connectivity index (χ1) is 19.8. The van der Waals surface area contributed by atoms with Crippen molar-refractivity contribution in [3.8, 4) is 23.0 Å². The Morgan fingerprint density at radius 1 is 1.00 bits per heavy atom. The molecule has 1 fully saturated rings. The van der Waals surface area contributed by atoms with Crippen LogP contribution in [0.25, 0.3) is 11.4 Å². The van der Waals surface area contributed by atoms with Gasteiger partial charge in [0.1, 0.15) is 17.5 Å². The third-order valence-corrected chi connectivity index (χ3v) is 6.19. The quantitative estimate of drug-likeness (QED) is 0.375. The Hall–Kier alpha value is -5.07. The third kappa shape index (κ3) is 7.97. The summed E-state index contributed by atoms with van der Waals surface area (Å²) in [5, 5.41) is 11.9. The largest absolute Gasteiger partial charge is 0.481 e. The van der Waals surface area contributed by atoms with Crippen LogP contribution in [0.4, 0.5) is 4.79 Å². The number of nitrogens with one attached hydrogen (secondary N) is 1. The highest BCUT2D eigenvalue weighted by Crippen LogP contribution is 2.23. The molecule has 0 spiro atoms. The Labute approximate surface area is 236 Å². The molecular formula is C28H30N6O7. The van der Waals surface area contributed by atoms with Crippen LogP contribution in [0.2, 0.25) is 0 Å². The predicted octanol–water partition coefficient (Wildman–Crippen LogP) is 2.59. The molecular weight excluding hydrogens is 532 g/mol. The van der Waals surface area contributed by atoms with Crippen LogP contribution >= 0.6 is 0 Å². The first-order valence-corrected chi connectivity index (χ1v) is 13.1. The molecule has 0 bridgehead atoms. The number of hydrogen-bond donors (Lipinski definition) is 2. The fraction of sp³-hybridized carbons (Fsp3) is 0.321. The molecule has 1 saturated heterocycles. The van der Waals surface area contributed by atoms with Crippen LogP contribution in [-0.2, 0) is 14.3 Å². The van der Waals surface area contributed by atoms with Gasteiger partial charge in [-0.3, -0.25) is 19.4 Å². The van der Waals surface area contributed by atoms with Crippen molar-refractivity contribution in [1.29, 1.82) is 0 Å². The van der Waals surface area contributed by atoms with E-state index in [1.54, 1.807) is 49.5 Å². The van der Waals surface area contributed by atoms with Crippen molar-refractivity contribution in [1.82, 2.24) is 30.1 Å². The molecule has 1 aliphatic rings. The number of carbonyl (C=O) groups excluding carboxylic acids is 3. The number of aliphatic carboxylic acids is 1. The Morgan fingerprint density at radius 2 is 1.73 bits per heavy atom. The van der Waals surface area contributed by atoms with E-state index in [4.69, 9.17) is 9.47 Å². The first kappa shape index (κ1) is 28.9. The maximum atomic E-state index is 13.4. The van der Waals surface area contributed by atoms with Gasteiger partial charge in [-0.1, -0.05) is 30.3 Å². The topological polar surface area (TPSA) is 164 Å². The van der Waals surface area contributed by atoms with Crippen molar-refractivity contribution in [2.45, 2.75) is 25.8 Å². The van der Waals surface area contributed by atoms with Crippen LogP contribution in [0.3, 0.4) is 0 Å². The fourth-order valence-corrected chi connectivity index (χ4v) is 4.14. The number of ether oxygens (including phenoxy) is 2. The smallest absolute Gasteiger partial charge is 0.409 e. The lowest BCUT2D eigenvalue weighted by molar-refractivity contribution is -0.138. The van der Waals surface area contributed by atoms with Gasteiger partial charge >= 0.3 is 12.1 Å². The van der Waals surface area contributed by atoms with Crippen LogP contribution in [0.5, 0.6) is 11.6 Å². The second-order valence-corrected chi connectivity index (χ2v) is 9.04. The minimum absolute atomic E-state index is 0.0713. The molecule has 0 aliphatic carbocycles. The normalized spacial score (nSPS) is 13.7. The van der Waals surface area contributed by atoms with E-state index in [0.29, 0.717) is 11.3 Å². The van der Waals surface area contributed by atoms with Crippen molar-refractivity contribution in [2.75, 3.05) is 32.8 Å².